The molecule has 3 aromatic heterocycles. The number of hydrogen-bond acceptors (Lipinski definition) is 9. The van der Waals surface area contributed by atoms with Crippen LogP contribution in [0.4, 0.5) is 11.6 Å². The van der Waals surface area contributed by atoms with Crippen LogP contribution >= 0.6 is 11.3 Å². The summed E-state index contributed by atoms with van der Waals surface area (Å²) < 4.78 is 24.9. The number of fused-ring (bicyclic) bond motifs is 1. The molecule has 1 aliphatic carbocycles. The summed E-state index contributed by atoms with van der Waals surface area (Å²) in [6, 6.07) is 11.5. The molecule has 0 fully saturated rings. The summed E-state index contributed by atoms with van der Waals surface area (Å²) in [5.74, 6) is -0.148. The van der Waals surface area contributed by atoms with E-state index in [4.69, 9.17) is 0 Å². The molecule has 4 aromatic rings. The second kappa shape index (κ2) is 9.90. The summed E-state index contributed by atoms with van der Waals surface area (Å²) in [6.07, 6.45) is 6.98. The zero-order valence-electron chi connectivity index (χ0n) is 20.8. The monoisotopic (exact) mass is 550 g/mol. The molecule has 1 aliphatic rings. The lowest BCUT2D eigenvalue weighted by molar-refractivity contribution is 0.0607. The highest BCUT2D eigenvalue weighted by atomic mass is 32.2. The van der Waals surface area contributed by atoms with Gasteiger partial charge in [0.2, 0.25) is 0 Å². The fraction of sp³-hybridized carbons (Fsp3) is 0.259. The van der Waals surface area contributed by atoms with Crippen LogP contribution in [0.25, 0.3) is 10.6 Å². The maximum atomic E-state index is 12.5. The van der Waals surface area contributed by atoms with Crippen LogP contribution in [0.2, 0.25) is 0 Å². The van der Waals surface area contributed by atoms with Gasteiger partial charge < -0.3 is 15.5 Å². The molecule has 5 rings (SSSR count). The van der Waals surface area contributed by atoms with Gasteiger partial charge in [0.15, 0.2) is 9.84 Å². The molecule has 0 saturated carbocycles. The lowest BCUT2D eigenvalue weighted by Crippen LogP contribution is -2.32. The van der Waals surface area contributed by atoms with E-state index < -0.39 is 21.4 Å². The number of aryl methyl sites for hydroxylation is 2. The van der Waals surface area contributed by atoms with Crippen molar-refractivity contribution in [2.24, 2.45) is 0 Å². The van der Waals surface area contributed by atoms with Gasteiger partial charge in [0, 0.05) is 18.6 Å². The maximum Gasteiger partial charge on any atom is 0.335 e. The molecule has 196 valence electrons. The zero-order chi connectivity index (χ0) is 27.1. The number of anilines is 2. The first-order valence-corrected chi connectivity index (χ1v) is 14.8. The van der Waals surface area contributed by atoms with Crippen molar-refractivity contribution >= 4 is 38.8 Å². The highest BCUT2D eigenvalue weighted by Crippen LogP contribution is 2.44. The Hall–Kier alpha value is -3.67. The van der Waals surface area contributed by atoms with Gasteiger partial charge in [-0.15, -0.1) is 11.3 Å². The molecule has 9 nitrogen and oxygen atoms in total. The summed E-state index contributed by atoms with van der Waals surface area (Å²) >= 11 is 1.23. The first-order chi connectivity index (χ1) is 18.1. The summed E-state index contributed by atoms with van der Waals surface area (Å²) in [4.78, 5) is 25.5. The number of hydrogen-bond donors (Lipinski definition) is 3. The van der Waals surface area contributed by atoms with Crippen LogP contribution in [0.15, 0.2) is 59.8 Å². The minimum absolute atomic E-state index is 0.0921. The number of benzene rings is 1. The third kappa shape index (κ3) is 5.04. The Morgan fingerprint density at radius 1 is 1.13 bits per heavy atom. The van der Waals surface area contributed by atoms with Crippen LogP contribution in [0, 0.1) is 0 Å². The Morgan fingerprint density at radius 2 is 1.95 bits per heavy atom. The van der Waals surface area contributed by atoms with Gasteiger partial charge in [-0.2, -0.15) is 0 Å². The first kappa shape index (κ1) is 26.0. The number of aromatic carboxylic acids is 1. The number of sulfone groups is 1. The van der Waals surface area contributed by atoms with E-state index in [1.165, 1.54) is 29.5 Å². The fourth-order valence-corrected chi connectivity index (χ4v) is 6.28. The van der Waals surface area contributed by atoms with Crippen LogP contribution in [0.5, 0.6) is 0 Å². The number of carboxylic acids is 1. The van der Waals surface area contributed by atoms with E-state index in [9.17, 15) is 23.4 Å². The van der Waals surface area contributed by atoms with E-state index in [2.05, 4.69) is 20.3 Å². The summed E-state index contributed by atoms with van der Waals surface area (Å²) in [5, 5.41) is 24.6. The van der Waals surface area contributed by atoms with Gasteiger partial charge in [0.05, 0.1) is 21.0 Å². The molecule has 0 aliphatic heterocycles. The van der Waals surface area contributed by atoms with Crippen molar-refractivity contribution in [3.05, 3.63) is 82.1 Å². The van der Waals surface area contributed by atoms with Crippen LogP contribution in [0.3, 0.4) is 0 Å². The number of nitrogens with one attached hydrogen (secondary N) is 1. The largest absolute Gasteiger partial charge is 0.478 e. The SMILES string of the molecule is CCc1ccnc(Nc2cc(S(C)(=O)=O)cc(-c3cnc(C4(O)CCCc5cc(C(=O)O)ccc54)s3)n2)c1. The Balaban J connectivity index is 1.54. The number of rotatable bonds is 7. The average molecular weight is 551 g/mol. The Bertz CT molecular complexity index is 1650. The number of aromatic nitrogens is 3. The molecule has 3 heterocycles. The van der Waals surface area contributed by atoms with E-state index in [0.717, 1.165) is 23.8 Å². The third-order valence-corrected chi connectivity index (χ3v) is 8.87. The molecule has 0 amide bonds. The van der Waals surface area contributed by atoms with Crippen molar-refractivity contribution in [1.29, 1.82) is 0 Å². The van der Waals surface area contributed by atoms with Crippen molar-refractivity contribution in [3.63, 3.8) is 0 Å². The molecular formula is C27H26N4O5S2. The molecule has 0 radical (unpaired) electrons. The Kier molecular flexibility index (Phi) is 6.76. The fourth-order valence-electron chi connectivity index (χ4n) is 4.62. The summed E-state index contributed by atoms with van der Waals surface area (Å²) in [7, 11) is -3.55. The second-order valence-electron chi connectivity index (χ2n) is 9.29. The molecule has 1 atom stereocenters. The van der Waals surface area contributed by atoms with Crippen molar-refractivity contribution in [2.75, 3.05) is 11.6 Å². The van der Waals surface area contributed by atoms with Crippen LogP contribution in [0.1, 0.15) is 51.8 Å². The molecule has 0 spiro atoms. The molecule has 1 aromatic carbocycles. The van der Waals surface area contributed by atoms with Gasteiger partial charge in [-0.3, -0.25) is 0 Å². The van der Waals surface area contributed by atoms with Gasteiger partial charge >= 0.3 is 5.97 Å². The predicted octanol–water partition coefficient (Wildman–Crippen LogP) is 4.58. The van der Waals surface area contributed by atoms with Crippen molar-refractivity contribution in [1.82, 2.24) is 15.0 Å². The number of carboxylic acid groups (broad SMARTS) is 1. The van der Waals surface area contributed by atoms with Gasteiger partial charge in [-0.05, 0) is 78.8 Å². The maximum absolute atomic E-state index is 12.5. The lowest BCUT2D eigenvalue weighted by Gasteiger charge is -2.33. The van der Waals surface area contributed by atoms with Crippen LogP contribution in [-0.4, -0.2) is 45.8 Å². The first-order valence-electron chi connectivity index (χ1n) is 12.1. The predicted molar refractivity (Wildman–Crippen MR) is 145 cm³/mol. The molecule has 38 heavy (non-hydrogen) atoms. The number of carbonyl (C=O) groups is 1. The third-order valence-electron chi connectivity index (χ3n) is 6.61. The van der Waals surface area contributed by atoms with Gasteiger partial charge in [-0.1, -0.05) is 13.0 Å². The smallest absolute Gasteiger partial charge is 0.335 e. The molecule has 0 saturated heterocycles. The zero-order valence-corrected chi connectivity index (χ0v) is 22.4. The van der Waals surface area contributed by atoms with E-state index >= 15 is 0 Å². The molecule has 11 heteroatoms. The van der Waals surface area contributed by atoms with Crippen LogP contribution in [-0.2, 0) is 28.3 Å². The minimum Gasteiger partial charge on any atom is -0.478 e. The summed E-state index contributed by atoms with van der Waals surface area (Å²) in [5.41, 5.74) is 1.68. The highest BCUT2D eigenvalue weighted by molar-refractivity contribution is 7.90. The van der Waals surface area contributed by atoms with E-state index in [1.54, 1.807) is 24.5 Å². The van der Waals surface area contributed by atoms with Crippen molar-refractivity contribution in [3.8, 4) is 10.6 Å². The van der Waals surface area contributed by atoms with E-state index in [-0.39, 0.29) is 10.5 Å². The molecule has 0 bridgehead atoms. The molecular weight excluding hydrogens is 524 g/mol. The van der Waals surface area contributed by atoms with Gasteiger partial charge in [0.1, 0.15) is 22.2 Å². The van der Waals surface area contributed by atoms with Gasteiger partial charge in [0.25, 0.3) is 0 Å². The van der Waals surface area contributed by atoms with Crippen molar-refractivity contribution < 1.29 is 23.4 Å². The lowest BCUT2D eigenvalue weighted by atomic mass is 9.79. The number of pyridine rings is 2. The Labute approximate surface area is 224 Å². The molecule has 3 N–H and O–H groups in total. The molecule has 1 unspecified atom stereocenters. The van der Waals surface area contributed by atoms with E-state index in [0.29, 0.717) is 52.0 Å². The minimum atomic E-state index is -3.55. The Morgan fingerprint density at radius 3 is 2.68 bits per heavy atom. The second-order valence-corrected chi connectivity index (χ2v) is 12.3. The average Bonchev–Trinajstić information content (AvgIpc) is 3.39. The standard InChI is InChI=1S/C27H26N4O5S2/c1-3-16-8-10-28-23(11-16)31-24-14-19(38(2,35)36)13-21(30-24)22-15-29-26(37-22)27(34)9-4-5-17-12-18(25(32)33)6-7-20(17)27/h6-8,10-15,34H,3-5,9H2,1-2H3,(H,32,33)(H,28,30,31). The van der Waals surface area contributed by atoms with Gasteiger partial charge in [-0.25, -0.2) is 28.2 Å². The van der Waals surface area contributed by atoms with Crippen LogP contribution < -0.4 is 5.32 Å². The summed E-state index contributed by atoms with van der Waals surface area (Å²) in [6.45, 7) is 2.03. The number of aliphatic hydroxyl groups is 1. The van der Waals surface area contributed by atoms with Crippen molar-refractivity contribution in [2.45, 2.75) is 43.1 Å². The quantitative estimate of drug-likeness (QED) is 0.301. The number of thiazole rings is 1. The highest BCUT2D eigenvalue weighted by Gasteiger charge is 2.39. The van der Waals surface area contributed by atoms with E-state index in [1.807, 2.05) is 19.1 Å². The topological polar surface area (TPSA) is 142 Å². The normalized spacial score (nSPS) is 17.1. The number of nitrogens with zero attached hydrogens (tertiary/aromatic N) is 3.